The fourth-order valence-corrected chi connectivity index (χ4v) is 4.43. The van der Waals surface area contributed by atoms with Gasteiger partial charge in [0.15, 0.2) is 0 Å². The molecule has 2 unspecified atom stereocenters. The molecular formula is C23H18Cl2N2O. The van der Waals surface area contributed by atoms with Crippen LogP contribution < -0.4 is 4.74 Å². The highest BCUT2D eigenvalue weighted by Crippen LogP contribution is 2.50. The van der Waals surface area contributed by atoms with E-state index in [-0.39, 0.29) is 12.3 Å². The van der Waals surface area contributed by atoms with Crippen LogP contribution in [0.3, 0.4) is 0 Å². The maximum absolute atomic E-state index is 6.50. The predicted molar refractivity (Wildman–Crippen MR) is 113 cm³/mol. The van der Waals surface area contributed by atoms with Crippen molar-refractivity contribution < 1.29 is 4.74 Å². The summed E-state index contributed by atoms with van der Waals surface area (Å²) < 4.78 is 6.35. The smallest absolute Gasteiger partial charge is 0.213 e. The number of rotatable bonds is 2. The SMILES string of the molecule is Cc1ccc(C2=NN3C(C2)c2cc(Cl)cc(Cl)c2OC3c2ccccc2)cc1. The Balaban J connectivity index is 1.63. The Hall–Kier alpha value is -2.49. The van der Waals surface area contributed by atoms with Gasteiger partial charge in [-0.2, -0.15) is 5.10 Å². The molecule has 140 valence electrons. The molecule has 0 bridgehead atoms. The molecule has 3 aromatic rings. The lowest BCUT2D eigenvalue weighted by atomic mass is 9.95. The number of fused-ring (bicyclic) bond motifs is 3. The van der Waals surface area contributed by atoms with Crippen LogP contribution in [0.1, 0.15) is 40.9 Å². The summed E-state index contributed by atoms with van der Waals surface area (Å²) in [6, 6.07) is 22.3. The number of hydrogen-bond acceptors (Lipinski definition) is 3. The molecule has 2 atom stereocenters. The molecule has 0 fully saturated rings. The van der Waals surface area contributed by atoms with Crippen LogP contribution >= 0.6 is 23.2 Å². The van der Waals surface area contributed by atoms with Crippen LogP contribution in [0.15, 0.2) is 71.8 Å². The zero-order valence-electron chi connectivity index (χ0n) is 15.3. The molecule has 3 aromatic carbocycles. The molecule has 2 aliphatic heterocycles. The second-order valence-electron chi connectivity index (χ2n) is 7.20. The van der Waals surface area contributed by atoms with E-state index in [0.29, 0.717) is 15.8 Å². The number of halogens is 2. The van der Waals surface area contributed by atoms with Crippen LogP contribution in [0, 0.1) is 6.92 Å². The van der Waals surface area contributed by atoms with Crippen molar-refractivity contribution in [1.29, 1.82) is 0 Å². The van der Waals surface area contributed by atoms with Crippen molar-refractivity contribution in [2.75, 3.05) is 0 Å². The van der Waals surface area contributed by atoms with E-state index < -0.39 is 0 Å². The topological polar surface area (TPSA) is 24.8 Å². The van der Waals surface area contributed by atoms with E-state index in [1.807, 2.05) is 29.3 Å². The van der Waals surface area contributed by atoms with E-state index in [1.165, 1.54) is 5.56 Å². The van der Waals surface area contributed by atoms with Gasteiger partial charge in [0.05, 0.1) is 16.8 Å². The molecule has 0 aromatic heterocycles. The zero-order chi connectivity index (χ0) is 19.3. The summed E-state index contributed by atoms with van der Waals surface area (Å²) in [4.78, 5) is 0. The minimum atomic E-state index is -0.333. The van der Waals surface area contributed by atoms with E-state index >= 15 is 0 Å². The standard InChI is InChI=1S/C23H18Cl2N2O/c1-14-7-9-15(10-8-14)20-13-21-18-11-17(24)12-19(25)22(18)28-23(27(21)26-20)16-5-3-2-4-6-16/h2-12,21,23H,13H2,1H3. The van der Waals surface area contributed by atoms with Crippen LogP contribution in [0.25, 0.3) is 0 Å². The van der Waals surface area contributed by atoms with Crippen LogP contribution in [-0.4, -0.2) is 10.7 Å². The molecule has 3 nitrogen and oxygen atoms in total. The van der Waals surface area contributed by atoms with Gasteiger partial charge in [0.25, 0.3) is 0 Å². The molecule has 0 aliphatic carbocycles. The highest BCUT2D eigenvalue weighted by atomic mass is 35.5. The molecule has 2 aliphatic rings. The Labute approximate surface area is 174 Å². The molecule has 5 rings (SSSR count). The molecule has 0 saturated carbocycles. The molecule has 0 saturated heterocycles. The van der Waals surface area contributed by atoms with Gasteiger partial charge in [-0.05, 0) is 24.6 Å². The van der Waals surface area contributed by atoms with Gasteiger partial charge in [-0.25, -0.2) is 5.01 Å². The number of benzene rings is 3. The van der Waals surface area contributed by atoms with Crippen LogP contribution in [0.5, 0.6) is 5.75 Å². The minimum absolute atomic E-state index is 0.0291. The summed E-state index contributed by atoms with van der Waals surface area (Å²) in [5.41, 5.74) is 5.42. The number of hydrazone groups is 1. The fraction of sp³-hybridized carbons (Fsp3) is 0.174. The molecule has 5 heteroatoms. The van der Waals surface area contributed by atoms with E-state index in [9.17, 15) is 0 Å². The summed E-state index contributed by atoms with van der Waals surface area (Å²) in [5, 5.41) is 8.15. The Kier molecular flexibility index (Phi) is 4.30. The third kappa shape index (κ3) is 2.95. The van der Waals surface area contributed by atoms with Crippen LogP contribution in [-0.2, 0) is 0 Å². The summed E-state index contributed by atoms with van der Waals surface area (Å²) in [5.74, 6) is 0.696. The van der Waals surface area contributed by atoms with E-state index in [1.54, 1.807) is 6.07 Å². The first-order valence-corrected chi connectivity index (χ1v) is 9.99. The number of aryl methyl sites for hydroxylation is 1. The Bertz CT molecular complexity index is 1060. The highest BCUT2D eigenvalue weighted by molar-refractivity contribution is 6.35. The van der Waals surface area contributed by atoms with Crippen molar-refractivity contribution in [2.45, 2.75) is 25.6 Å². The Morgan fingerprint density at radius 2 is 1.75 bits per heavy atom. The van der Waals surface area contributed by atoms with Crippen LogP contribution in [0.2, 0.25) is 10.0 Å². The van der Waals surface area contributed by atoms with Gasteiger partial charge in [0.1, 0.15) is 5.75 Å². The third-order valence-corrected chi connectivity index (χ3v) is 5.78. The molecular weight excluding hydrogens is 391 g/mol. The van der Waals surface area contributed by atoms with Crippen molar-refractivity contribution in [2.24, 2.45) is 5.10 Å². The molecule has 0 amide bonds. The van der Waals surface area contributed by atoms with Crippen LogP contribution in [0.4, 0.5) is 0 Å². The number of hydrogen-bond donors (Lipinski definition) is 0. The van der Waals surface area contributed by atoms with Gasteiger partial charge in [0.2, 0.25) is 6.23 Å². The third-order valence-electron chi connectivity index (χ3n) is 5.28. The summed E-state index contributed by atoms with van der Waals surface area (Å²) in [6.07, 6.45) is 0.444. The molecule has 0 spiro atoms. The largest absolute Gasteiger partial charge is 0.463 e. The maximum Gasteiger partial charge on any atom is 0.213 e. The highest BCUT2D eigenvalue weighted by Gasteiger charge is 2.41. The van der Waals surface area contributed by atoms with Gasteiger partial charge < -0.3 is 4.74 Å². The second-order valence-corrected chi connectivity index (χ2v) is 8.04. The molecule has 2 heterocycles. The van der Waals surface area contributed by atoms with E-state index in [4.69, 9.17) is 33.0 Å². The Morgan fingerprint density at radius 1 is 1.00 bits per heavy atom. The minimum Gasteiger partial charge on any atom is -0.463 e. The van der Waals surface area contributed by atoms with Crippen molar-refractivity contribution in [3.63, 3.8) is 0 Å². The maximum atomic E-state index is 6.50. The van der Waals surface area contributed by atoms with Crippen molar-refractivity contribution in [3.8, 4) is 5.75 Å². The van der Waals surface area contributed by atoms with Gasteiger partial charge in [-0.3, -0.25) is 0 Å². The van der Waals surface area contributed by atoms with E-state index in [0.717, 1.165) is 28.8 Å². The molecule has 0 N–H and O–H groups in total. The van der Waals surface area contributed by atoms with Gasteiger partial charge in [-0.1, -0.05) is 83.4 Å². The quantitative estimate of drug-likeness (QED) is 0.480. The summed E-state index contributed by atoms with van der Waals surface area (Å²) >= 11 is 12.8. The molecule has 28 heavy (non-hydrogen) atoms. The van der Waals surface area contributed by atoms with Gasteiger partial charge in [0, 0.05) is 22.6 Å². The van der Waals surface area contributed by atoms with E-state index in [2.05, 4.69) is 43.3 Å². The molecule has 0 radical (unpaired) electrons. The van der Waals surface area contributed by atoms with Crippen molar-refractivity contribution in [3.05, 3.63) is 99.0 Å². The average molecular weight is 409 g/mol. The zero-order valence-corrected chi connectivity index (χ0v) is 16.8. The average Bonchev–Trinajstić information content (AvgIpc) is 3.14. The first-order valence-electron chi connectivity index (χ1n) is 9.23. The predicted octanol–water partition coefficient (Wildman–Crippen LogP) is 6.54. The second kappa shape index (κ2) is 6.84. The van der Waals surface area contributed by atoms with Crippen molar-refractivity contribution >= 4 is 28.9 Å². The first-order chi connectivity index (χ1) is 13.6. The number of nitrogens with zero attached hydrogens (tertiary/aromatic N) is 2. The summed E-state index contributed by atoms with van der Waals surface area (Å²) in [7, 11) is 0. The fourth-order valence-electron chi connectivity index (χ4n) is 3.87. The first kappa shape index (κ1) is 17.6. The van der Waals surface area contributed by atoms with Gasteiger partial charge in [-0.15, -0.1) is 0 Å². The van der Waals surface area contributed by atoms with Gasteiger partial charge >= 0.3 is 0 Å². The lowest BCUT2D eigenvalue weighted by Crippen LogP contribution is -2.33. The lowest BCUT2D eigenvalue weighted by Gasteiger charge is -2.38. The lowest BCUT2D eigenvalue weighted by molar-refractivity contribution is -0.0189. The Morgan fingerprint density at radius 3 is 2.50 bits per heavy atom. The monoisotopic (exact) mass is 408 g/mol. The number of ether oxygens (including phenoxy) is 1. The normalized spacial score (nSPS) is 20.2. The van der Waals surface area contributed by atoms with Crippen molar-refractivity contribution in [1.82, 2.24) is 5.01 Å². The summed E-state index contributed by atoms with van der Waals surface area (Å²) in [6.45, 7) is 2.09.